The third kappa shape index (κ3) is 11.4. The number of halogens is 1. The lowest BCUT2D eigenvalue weighted by atomic mass is 9.98. The van der Waals surface area contributed by atoms with Gasteiger partial charge in [0.1, 0.15) is 12.4 Å². The van der Waals surface area contributed by atoms with E-state index in [0.29, 0.717) is 12.6 Å². The Labute approximate surface area is 288 Å². The monoisotopic (exact) mass is 692 g/mol. The van der Waals surface area contributed by atoms with Crippen LogP contribution in [-0.4, -0.2) is 50.6 Å². The summed E-state index contributed by atoms with van der Waals surface area (Å²) in [7, 11) is 3.57. The van der Waals surface area contributed by atoms with Gasteiger partial charge >= 0.3 is 0 Å². The molecule has 1 aromatic heterocycles. The molecule has 1 saturated heterocycles. The number of nitrogens with one attached hydrogen (secondary N) is 1. The maximum Gasteiger partial charge on any atom is 0.138 e. The molecule has 47 heavy (non-hydrogen) atoms. The molecule has 0 spiro atoms. The van der Waals surface area contributed by atoms with Gasteiger partial charge in [-0.25, -0.2) is 0 Å². The number of benzene rings is 4. The van der Waals surface area contributed by atoms with Crippen molar-refractivity contribution in [2.75, 3.05) is 27.4 Å². The molecule has 3 atom stereocenters. The number of rotatable bonds is 14. The van der Waals surface area contributed by atoms with Crippen LogP contribution in [0.4, 0.5) is 0 Å². The molecule has 1 aliphatic heterocycles. The molecule has 0 unspecified atom stereocenters. The normalized spacial score (nSPS) is 15.1. The van der Waals surface area contributed by atoms with Crippen molar-refractivity contribution in [3.63, 3.8) is 0 Å². The third-order valence-corrected chi connectivity index (χ3v) is 8.94. The van der Waals surface area contributed by atoms with Gasteiger partial charge in [-0.1, -0.05) is 113 Å². The van der Waals surface area contributed by atoms with E-state index in [1.165, 1.54) is 28.7 Å². The molecule has 5 nitrogen and oxygen atoms in total. The van der Waals surface area contributed by atoms with E-state index in [4.69, 9.17) is 14.2 Å². The van der Waals surface area contributed by atoms with E-state index in [0.717, 1.165) is 53.6 Å². The summed E-state index contributed by atoms with van der Waals surface area (Å²) in [6.07, 6.45) is 8.89. The van der Waals surface area contributed by atoms with Crippen LogP contribution in [0.3, 0.4) is 0 Å². The van der Waals surface area contributed by atoms with Gasteiger partial charge in [-0.15, -0.1) is 0 Å². The quantitative estimate of drug-likeness (QED) is 0.126. The predicted molar refractivity (Wildman–Crippen MR) is 195 cm³/mol. The minimum Gasteiger partial charge on any atom is -0.490 e. The van der Waals surface area contributed by atoms with Gasteiger partial charge in [0.25, 0.3) is 0 Å². The van der Waals surface area contributed by atoms with Gasteiger partial charge < -0.3 is 19.5 Å². The summed E-state index contributed by atoms with van der Waals surface area (Å²) in [5.74, 6) is 0.820. The summed E-state index contributed by atoms with van der Waals surface area (Å²) in [6.45, 7) is 1.78. The first-order valence-corrected chi connectivity index (χ1v) is 17.2. The summed E-state index contributed by atoms with van der Waals surface area (Å²) in [5, 5.41) is 3.35. The fraction of sp³-hybridized carbons (Fsp3) is 0.293. The van der Waals surface area contributed by atoms with Crippen molar-refractivity contribution in [3.8, 4) is 16.9 Å². The Hall–Kier alpha value is -3.81. The predicted octanol–water partition coefficient (Wildman–Crippen LogP) is 8.54. The van der Waals surface area contributed by atoms with E-state index >= 15 is 0 Å². The summed E-state index contributed by atoms with van der Waals surface area (Å²) < 4.78 is 18.4. The Bertz CT molecular complexity index is 1630. The molecule has 2 heterocycles. The average molecular weight is 694 g/mol. The molecule has 0 saturated carbocycles. The Morgan fingerprint density at radius 3 is 1.77 bits per heavy atom. The largest absolute Gasteiger partial charge is 0.490 e. The van der Waals surface area contributed by atoms with Crippen molar-refractivity contribution in [2.45, 2.75) is 50.4 Å². The number of hydrogen-bond acceptors (Lipinski definition) is 5. The van der Waals surface area contributed by atoms with Crippen molar-refractivity contribution < 1.29 is 14.2 Å². The number of hydrogen-bond donors (Lipinski definition) is 1. The zero-order chi connectivity index (χ0) is 32.7. The Morgan fingerprint density at radius 2 is 1.21 bits per heavy atom. The van der Waals surface area contributed by atoms with Crippen LogP contribution in [0, 0.1) is 0 Å². The van der Waals surface area contributed by atoms with Gasteiger partial charge in [0.15, 0.2) is 0 Å². The zero-order valence-electron chi connectivity index (χ0n) is 27.4. The second-order valence-electron chi connectivity index (χ2n) is 12.0. The molecule has 0 aliphatic carbocycles. The fourth-order valence-electron chi connectivity index (χ4n) is 5.64. The summed E-state index contributed by atoms with van der Waals surface area (Å²) >= 11 is 3.50. The highest BCUT2D eigenvalue weighted by Gasteiger charge is 2.17. The number of ether oxygens (including phenoxy) is 3. The Kier molecular flexibility index (Phi) is 13.6. The lowest BCUT2D eigenvalue weighted by molar-refractivity contribution is 0.103. The molecule has 0 amide bonds. The first kappa shape index (κ1) is 34.5. The van der Waals surface area contributed by atoms with Gasteiger partial charge in [0, 0.05) is 36.5 Å². The van der Waals surface area contributed by atoms with E-state index in [9.17, 15) is 0 Å². The fourth-order valence-corrected chi connectivity index (χ4v) is 6.09. The standard InChI is InChI=1S/C25H28N2O2.C16H17BrO/c1-28-24(13-19-6-3-2-4-7-19)14-20-8-5-9-21(12-20)22-15-25(17-26-16-22)29-18-23-10-11-27-23;1-18-16(11-13-6-3-2-4-7-13)12-14-8-5-9-15(17)10-14/h2-9,12,15-17,23-24,27H,10-11,13-14,18H2,1H3;2-10,16H,11-12H2,1H3/t23-,24+;16-/m01/s1. The van der Waals surface area contributed by atoms with Crippen LogP contribution in [0.5, 0.6) is 5.75 Å². The smallest absolute Gasteiger partial charge is 0.138 e. The Morgan fingerprint density at radius 1 is 0.660 bits per heavy atom. The van der Waals surface area contributed by atoms with E-state index in [-0.39, 0.29) is 12.2 Å². The second-order valence-corrected chi connectivity index (χ2v) is 12.9. The number of methoxy groups -OCH3 is 2. The highest BCUT2D eigenvalue weighted by atomic mass is 79.9. The first-order valence-electron chi connectivity index (χ1n) is 16.4. The molecule has 0 bridgehead atoms. The molecular weight excluding hydrogens is 648 g/mol. The lowest BCUT2D eigenvalue weighted by Gasteiger charge is -2.27. The van der Waals surface area contributed by atoms with Gasteiger partial charge in [0.2, 0.25) is 0 Å². The topological polar surface area (TPSA) is 52.6 Å². The van der Waals surface area contributed by atoms with Crippen LogP contribution in [0.2, 0.25) is 0 Å². The second kappa shape index (κ2) is 18.5. The van der Waals surface area contributed by atoms with E-state index in [2.05, 4.69) is 123 Å². The number of pyridine rings is 1. The van der Waals surface area contributed by atoms with Gasteiger partial charge in [-0.3, -0.25) is 4.98 Å². The molecule has 6 rings (SSSR count). The first-order chi connectivity index (χ1) is 23.1. The molecule has 244 valence electrons. The molecular formula is C41H45BrN2O3. The molecule has 5 aromatic rings. The van der Waals surface area contributed by atoms with Gasteiger partial charge in [-0.05, 0) is 84.7 Å². The van der Waals surface area contributed by atoms with Crippen LogP contribution in [-0.2, 0) is 35.2 Å². The van der Waals surface area contributed by atoms with Crippen LogP contribution < -0.4 is 10.1 Å². The third-order valence-electron chi connectivity index (χ3n) is 8.45. The van der Waals surface area contributed by atoms with E-state index in [1.54, 1.807) is 20.4 Å². The minimum absolute atomic E-state index is 0.149. The molecule has 1 N–H and O–H groups in total. The highest BCUT2D eigenvalue weighted by molar-refractivity contribution is 9.10. The average Bonchev–Trinajstić information content (AvgIpc) is 3.08. The van der Waals surface area contributed by atoms with Crippen LogP contribution >= 0.6 is 15.9 Å². The molecule has 1 fully saturated rings. The van der Waals surface area contributed by atoms with Gasteiger partial charge in [0.05, 0.1) is 18.4 Å². The van der Waals surface area contributed by atoms with E-state index in [1.807, 2.05) is 24.4 Å². The lowest BCUT2D eigenvalue weighted by Crippen LogP contribution is -2.46. The number of nitrogens with zero attached hydrogens (tertiary/aromatic N) is 1. The van der Waals surface area contributed by atoms with Crippen molar-refractivity contribution in [2.24, 2.45) is 0 Å². The van der Waals surface area contributed by atoms with E-state index < -0.39 is 0 Å². The van der Waals surface area contributed by atoms with Crippen LogP contribution in [0.25, 0.3) is 11.1 Å². The van der Waals surface area contributed by atoms with Crippen molar-refractivity contribution >= 4 is 15.9 Å². The van der Waals surface area contributed by atoms with Crippen LogP contribution in [0.15, 0.2) is 132 Å². The summed E-state index contributed by atoms with van der Waals surface area (Å²) in [5.41, 5.74) is 7.40. The van der Waals surface area contributed by atoms with Crippen LogP contribution in [0.1, 0.15) is 28.7 Å². The van der Waals surface area contributed by atoms with Crippen molar-refractivity contribution in [1.29, 1.82) is 0 Å². The maximum absolute atomic E-state index is 5.91. The molecule has 0 radical (unpaired) electrons. The van der Waals surface area contributed by atoms with Gasteiger partial charge in [-0.2, -0.15) is 0 Å². The molecule has 6 heteroatoms. The maximum atomic E-state index is 5.91. The zero-order valence-corrected chi connectivity index (χ0v) is 28.9. The van der Waals surface area contributed by atoms with Crippen molar-refractivity contribution in [3.05, 3.63) is 154 Å². The summed E-state index contributed by atoms with van der Waals surface area (Å²) in [6, 6.07) is 40.5. The summed E-state index contributed by atoms with van der Waals surface area (Å²) in [4.78, 5) is 4.38. The minimum atomic E-state index is 0.149. The highest BCUT2D eigenvalue weighted by Crippen LogP contribution is 2.25. The van der Waals surface area contributed by atoms with Crippen molar-refractivity contribution in [1.82, 2.24) is 10.3 Å². The SMILES string of the molecule is CO[C@H](Cc1ccccc1)Cc1cccc(-c2cncc(OC[C@@H]3CCN3)c2)c1.CO[C@H](Cc1ccccc1)Cc1cccc(Br)c1. The Balaban J connectivity index is 0.000000207. The molecule has 1 aliphatic rings. The number of aromatic nitrogens is 1. The molecule has 4 aromatic carbocycles.